The highest BCUT2D eigenvalue weighted by Gasteiger charge is 2.33. The molecule has 176 valence electrons. The van der Waals surface area contributed by atoms with Gasteiger partial charge in [0.25, 0.3) is 10.0 Å². The molecule has 1 atom stereocenters. The summed E-state index contributed by atoms with van der Waals surface area (Å²) in [6.45, 7) is 1.27. The van der Waals surface area contributed by atoms with Crippen molar-refractivity contribution in [3.8, 4) is 0 Å². The number of thiophene rings is 1. The third-order valence-corrected chi connectivity index (χ3v) is 10.2. The van der Waals surface area contributed by atoms with Gasteiger partial charge >= 0.3 is 0 Å². The van der Waals surface area contributed by atoms with Crippen LogP contribution < -0.4 is 5.32 Å². The van der Waals surface area contributed by atoms with Crippen molar-refractivity contribution >= 4 is 39.0 Å². The van der Waals surface area contributed by atoms with Gasteiger partial charge in [-0.1, -0.05) is 30.7 Å². The van der Waals surface area contributed by atoms with Gasteiger partial charge in [-0.2, -0.15) is 4.31 Å². The van der Waals surface area contributed by atoms with Gasteiger partial charge in [-0.05, 0) is 49.8 Å². The largest absolute Gasteiger partial charge is 0.356 e. The molecule has 1 saturated heterocycles. The molecule has 1 aliphatic carbocycles. The molecule has 0 radical (unpaired) electrons. The molecular formula is C21H31N5O3S3. The average molecular weight is 498 g/mol. The lowest BCUT2D eigenvalue weighted by Gasteiger charge is -2.30. The Morgan fingerprint density at radius 1 is 1.25 bits per heavy atom. The number of nitrogens with one attached hydrogen (secondary N) is 1. The number of aryl methyl sites for hydroxylation is 1. The third-order valence-electron chi connectivity index (χ3n) is 6.33. The van der Waals surface area contributed by atoms with E-state index < -0.39 is 10.0 Å². The van der Waals surface area contributed by atoms with Crippen LogP contribution in [0.1, 0.15) is 56.8 Å². The van der Waals surface area contributed by atoms with Crippen molar-refractivity contribution in [3.63, 3.8) is 0 Å². The number of sulfonamides is 1. The molecule has 2 aliphatic rings. The topological polar surface area (TPSA) is 97.2 Å². The van der Waals surface area contributed by atoms with Gasteiger partial charge in [-0.15, -0.1) is 21.5 Å². The van der Waals surface area contributed by atoms with Crippen molar-refractivity contribution in [2.45, 2.75) is 66.8 Å². The number of hydrogen-bond acceptors (Lipinski definition) is 7. The summed E-state index contributed by atoms with van der Waals surface area (Å²) < 4.78 is 29.7. The van der Waals surface area contributed by atoms with E-state index in [1.54, 1.807) is 29.3 Å². The molecular weight excluding hydrogens is 466 g/mol. The third kappa shape index (κ3) is 5.21. The standard InChI is InChI=1S/C21H31N5O3S3/c1-30-21-24-23-18(26(21)17-8-2-3-9-17)10-4-12-22-20(27)16-7-5-13-25(15-16)32(28,29)19-11-6-14-31-19/h6,11,14,16-17H,2-5,7-10,12-13,15H2,1H3,(H,22,27)/t16-/m1/s1. The molecule has 3 heterocycles. The lowest BCUT2D eigenvalue weighted by molar-refractivity contribution is -0.126. The Morgan fingerprint density at radius 2 is 2.06 bits per heavy atom. The summed E-state index contributed by atoms with van der Waals surface area (Å²) in [4.78, 5) is 12.7. The first-order valence-corrected chi connectivity index (χ1v) is 14.8. The number of carbonyl (C=O) groups is 1. The van der Waals surface area contributed by atoms with Gasteiger partial charge in [-0.3, -0.25) is 4.79 Å². The lowest BCUT2D eigenvalue weighted by atomic mass is 9.99. The number of piperidine rings is 1. The Kier molecular flexibility index (Phi) is 7.91. The van der Waals surface area contributed by atoms with Crippen LogP contribution in [0.4, 0.5) is 0 Å². The van der Waals surface area contributed by atoms with Crippen LogP contribution in [0, 0.1) is 5.92 Å². The zero-order valence-corrected chi connectivity index (χ0v) is 20.9. The summed E-state index contributed by atoms with van der Waals surface area (Å²) in [6.07, 6.45) is 9.89. The van der Waals surface area contributed by atoms with Crippen LogP contribution in [0.25, 0.3) is 0 Å². The zero-order valence-electron chi connectivity index (χ0n) is 18.4. The highest BCUT2D eigenvalue weighted by atomic mass is 32.2. The summed E-state index contributed by atoms with van der Waals surface area (Å²) >= 11 is 2.85. The maximum Gasteiger partial charge on any atom is 0.252 e. The summed E-state index contributed by atoms with van der Waals surface area (Å²) in [6, 6.07) is 3.85. The number of aromatic nitrogens is 3. The number of rotatable bonds is 9. The first-order chi connectivity index (χ1) is 15.5. The number of carbonyl (C=O) groups excluding carboxylic acids is 1. The molecule has 1 aliphatic heterocycles. The minimum Gasteiger partial charge on any atom is -0.356 e. The fraction of sp³-hybridized carbons (Fsp3) is 0.667. The molecule has 0 unspecified atom stereocenters. The Bertz CT molecular complexity index is 1000. The fourth-order valence-corrected chi connectivity index (χ4v) is 7.90. The molecule has 2 aromatic heterocycles. The predicted molar refractivity (Wildman–Crippen MR) is 126 cm³/mol. The maximum absolute atomic E-state index is 12.8. The number of amides is 1. The quantitative estimate of drug-likeness (QED) is 0.422. The number of nitrogens with zero attached hydrogens (tertiary/aromatic N) is 4. The van der Waals surface area contributed by atoms with Gasteiger partial charge in [0.2, 0.25) is 5.91 Å². The highest BCUT2D eigenvalue weighted by molar-refractivity contribution is 7.98. The van der Waals surface area contributed by atoms with E-state index in [-0.39, 0.29) is 18.4 Å². The Morgan fingerprint density at radius 3 is 2.78 bits per heavy atom. The minimum atomic E-state index is -3.51. The smallest absolute Gasteiger partial charge is 0.252 e. The van der Waals surface area contributed by atoms with Crippen molar-refractivity contribution < 1.29 is 13.2 Å². The fourth-order valence-electron chi connectivity index (χ4n) is 4.66. The number of hydrogen-bond donors (Lipinski definition) is 1. The SMILES string of the molecule is CSc1nnc(CCCNC(=O)[C@@H]2CCCN(S(=O)(=O)c3cccs3)C2)n1C1CCCC1. The Balaban J connectivity index is 1.28. The van der Waals surface area contributed by atoms with Gasteiger partial charge < -0.3 is 9.88 Å². The van der Waals surface area contributed by atoms with Crippen LogP contribution in [0.15, 0.2) is 26.9 Å². The number of thioether (sulfide) groups is 1. The Labute approximate surface area is 198 Å². The molecule has 1 N–H and O–H groups in total. The van der Waals surface area contributed by atoms with Crippen LogP contribution in [-0.2, 0) is 21.2 Å². The van der Waals surface area contributed by atoms with E-state index >= 15 is 0 Å². The van der Waals surface area contributed by atoms with E-state index in [2.05, 4.69) is 20.1 Å². The van der Waals surface area contributed by atoms with E-state index in [0.717, 1.165) is 30.2 Å². The normalized spacial score (nSPS) is 20.6. The van der Waals surface area contributed by atoms with E-state index in [1.165, 1.54) is 41.3 Å². The van der Waals surface area contributed by atoms with E-state index in [9.17, 15) is 13.2 Å². The van der Waals surface area contributed by atoms with Crippen molar-refractivity contribution in [2.24, 2.45) is 5.92 Å². The summed E-state index contributed by atoms with van der Waals surface area (Å²) in [5, 5.41) is 14.5. The second-order valence-electron chi connectivity index (χ2n) is 8.44. The summed E-state index contributed by atoms with van der Waals surface area (Å²) in [7, 11) is -3.51. The zero-order chi connectivity index (χ0) is 22.6. The van der Waals surface area contributed by atoms with Gasteiger partial charge in [0.05, 0.1) is 5.92 Å². The molecule has 8 nitrogen and oxygen atoms in total. The molecule has 11 heteroatoms. The molecule has 0 aromatic carbocycles. The monoisotopic (exact) mass is 497 g/mol. The first-order valence-electron chi connectivity index (χ1n) is 11.3. The van der Waals surface area contributed by atoms with E-state index in [1.807, 2.05) is 6.26 Å². The van der Waals surface area contributed by atoms with Gasteiger partial charge in [0.1, 0.15) is 10.0 Å². The van der Waals surface area contributed by atoms with Gasteiger partial charge in [0, 0.05) is 32.1 Å². The minimum absolute atomic E-state index is 0.0573. The molecule has 1 saturated carbocycles. The van der Waals surface area contributed by atoms with Gasteiger partial charge in [-0.25, -0.2) is 8.42 Å². The van der Waals surface area contributed by atoms with Crippen molar-refractivity contribution in [1.82, 2.24) is 24.4 Å². The van der Waals surface area contributed by atoms with Crippen LogP contribution in [0.5, 0.6) is 0 Å². The van der Waals surface area contributed by atoms with Crippen LogP contribution in [-0.4, -0.2) is 59.3 Å². The second-order valence-corrected chi connectivity index (χ2v) is 12.3. The van der Waals surface area contributed by atoms with Crippen LogP contribution >= 0.6 is 23.1 Å². The second kappa shape index (κ2) is 10.7. The van der Waals surface area contributed by atoms with Crippen molar-refractivity contribution in [3.05, 3.63) is 23.3 Å². The summed E-state index contributed by atoms with van der Waals surface area (Å²) in [5.41, 5.74) is 0. The lowest BCUT2D eigenvalue weighted by Crippen LogP contribution is -2.45. The Hall–Kier alpha value is -1.43. The van der Waals surface area contributed by atoms with Crippen molar-refractivity contribution in [1.29, 1.82) is 0 Å². The molecule has 2 fully saturated rings. The van der Waals surface area contributed by atoms with Crippen LogP contribution in [0.3, 0.4) is 0 Å². The molecule has 0 bridgehead atoms. The predicted octanol–water partition coefficient (Wildman–Crippen LogP) is 3.33. The summed E-state index contributed by atoms with van der Waals surface area (Å²) in [5.74, 6) is 0.642. The van der Waals surface area contributed by atoms with E-state index in [4.69, 9.17) is 0 Å². The molecule has 32 heavy (non-hydrogen) atoms. The van der Waals surface area contributed by atoms with Crippen LogP contribution in [0.2, 0.25) is 0 Å². The molecule has 4 rings (SSSR count). The van der Waals surface area contributed by atoms with Crippen molar-refractivity contribution in [2.75, 3.05) is 25.9 Å². The molecule has 1 amide bonds. The molecule has 0 spiro atoms. The maximum atomic E-state index is 12.8. The van der Waals surface area contributed by atoms with E-state index in [0.29, 0.717) is 29.8 Å². The first kappa shape index (κ1) is 23.7. The van der Waals surface area contributed by atoms with Gasteiger partial charge in [0.15, 0.2) is 5.16 Å². The highest BCUT2D eigenvalue weighted by Crippen LogP contribution is 2.33. The molecule has 2 aromatic rings. The average Bonchev–Trinajstić information content (AvgIpc) is 3.57.